The molecule has 3 heterocycles. The van der Waals surface area contributed by atoms with Gasteiger partial charge in [0.05, 0.1) is 29.8 Å². The first-order chi connectivity index (χ1) is 14.2. The lowest BCUT2D eigenvalue weighted by Crippen LogP contribution is -2.52. The first-order valence-electron chi connectivity index (χ1n) is 10.4. The Morgan fingerprint density at radius 1 is 1.17 bits per heavy atom. The van der Waals surface area contributed by atoms with E-state index in [4.69, 9.17) is 4.74 Å². The second-order valence-corrected chi connectivity index (χ2v) is 8.28. The minimum atomic E-state index is -0.287. The highest BCUT2D eigenvalue weighted by atomic mass is 19.1. The van der Waals surface area contributed by atoms with Gasteiger partial charge in [0, 0.05) is 18.0 Å². The Kier molecular flexibility index (Phi) is 4.78. The molecule has 6 heteroatoms. The van der Waals surface area contributed by atoms with Crippen molar-refractivity contribution in [1.82, 2.24) is 14.9 Å². The van der Waals surface area contributed by atoms with Gasteiger partial charge >= 0.3 is 6.09 Å². The SMILES string of the molecule is O=C1OC[C@@H]2C(/C=C/c3cnc(-c4cccc(F)c4)cn3)C3CCCCC3CN12. The van der Waals surface area contributed by atoms with Crippen LogP contribution in [0.3, 0.4) is 0 Å². The summed E-state index contributed by atoms with van der Waals surface area (Å²) >= 11 is 0. The number of fused-ring (bicyclic) bond motifs is 2. The van der Waals surface area contributed by atoms with E-state index in [0.29, 0.717) is 29.7 Å². The van der Waals surface area contributed by atoms with Crippen LogP contribution in [0.2, 0.25) is 0 Å². The van der Waals surface area contributed by atoms with Crippen molar-refractivity contribution < 1.29 is 13.9 Å². The summed E-state index contributed by atoms with van der Waals surface area (Å²) in [4.78, 5) is 23.0. The van der Waals surface area contributed by atoms with Gasteiger partial charge in [-0.1, -0.05) is 31.1 Å². The van der Waals surface area contributed by atoms with Crippen molar-refractivity contribution in [1.29, 1.82) is 0 Å². The van der Waals surface area contributed by atoms with Gasteiger partial charge in [-0.3, -0.25) is 9.97 Å². The molecule has 2 aromatic rings. The van der Waals surface area contributed by atoms with Gasteiger partial charge in [-0.2, -0.15) is 0 Å². The standard InChI is InChI=1S/C23H24FN3O2/c24-17-6-3-5-15(10-17)21-12-25-18(11-26-21)8-9-20-19-7-2-1-4-16(19)13-27-22(20)14-29-23(27)28/h3,5-6,8-12,16,19-20,22H,1-2,4,7,13-14H2/b9-8+/t16?,19?,20?,22-/m1/s1. The fourth-order valence-electron chi connectivity index (χ4n) is 5.20. The number of aromatic nitrogens is 2. The van der Waals surface area contributed by atoms with E-state index in [-0.39, 0.29) is 23.9 Å². The molecule has 150 valence electrons. The molecule has 0 bridgehead atoms. The Morgan fingerprint density at radius 3 is 2.90 bits per heavy atom. The van der Waals surface area contributed by atoms with Gasteiger partial charge in [0.15, 0.2) is 0 Å². The van der Waals surface area contributed by atoms with Crippen LogP contribution < -0.4 is 0 Å². The minimum Gasteiger partial charge on any atom is -0.447 e. The maximum absolute atomic E-state index is 13.4. The molecule has 4 atom stereocenters. The highest BCUT2D eigenvalue weighted by molar-refractivity contribution is 5.70. The summed E-state index contributed by atoms with van der Waals surface area (Å²) in [5.74, 6) is 1.15. The molecule has 2 saturated heterocycles. The lowest BCUT2D eigenvalue weighted by Gasteiger charge is -2.46. The van der Waals surface area contributed by atoms with E-state index < -0.39 is 0 Å². The number of rotatable bonds is 3. The molecule has 5 rings (SSSR count). The predicted molar refractivity (Wildman–Crippen MR) is 107 cm³/mol. The summed E-state index contributed by atoms with van der Waals surface area (Å²) in [6, 6.07) is 6.48. The highest BCUT2D eigenvalue weighted by Crippen LogP contribution is 2.44. The second-order valence-electron chi connectivity index (χ2n) is 8.28. The number of halogens is 1. The normalized spacial score (nSPS) is 28.9. The third-order valence-electron chi connectivity index (χ3n) is 6.63. The van der Waals surface area contributed by atoms with Gasteiger partial charge in [0.25, 0.3) is 0 Å². The third-order valence-corrected chi connectivity index (χ3v) is 6.63. The molecular formula is C23H24FN3O2. The molecule has 29 heavy (non-hydrogen) atoms. The van der Waals surface area contributed by atoms with E-state index in [0.717, 1.165) is 12.2 Å². The molecular weight excluding hydrogens is 369 g/mol. The number of ether oxygens (including phenoxy) is 1. The van der Waals surface area contributed by atoms with Crippen LogP contribution in [0.25, 0.3) is 17.3 Å². The molecule has 0 radical (unpaired) electrons. The lowest BCUT2D eigenvalue weighted by atomic mass is 9.67. The number of hydrogen-bond donors (Lipinski definition) is 0. The second kappa shape index (κ2) is 7.58. The Bertz CT molecular complexity index is 930. The first kappa shape index (κ1) is 18.3. The van der Waals surface area contributed by atoms with Gasteiger partial charge in [0.2, 0.25) is 0 Å². The van der Waals surface area contributed by atoms with Crippen molar-refractivity contribution in [2.75, 3.05) is 13.2 Å². The predicted octanol–water partition coefficient (Wildman–Crippen LogP) is 4.55. The van der Waals surface area contributed by atoms with E-state index >= 15 is 0 Å². The Hall–Kier alpha value is -2.76. The molecule has 1 aliphatic carbocycles. The number of cyclic esters (lactones) is 1. The maximum Gasteiger partial charge on any atom is 0.410 e. The number of benzene rings is 1. The van der Waals surface area contributed by atoms with E-state index in [1.807, 2.05) is 17.0 Å². The summed E-state index contributed by atoms with van der Waals surface area (Å²) in [5.41, 5.74) is 2.12. The molecule has 2 aliphatic heterocycles. The monoisotopic (exact) mass is 393 g/mol. The smallest absolute Gasteiger partial charge is 0.410 e. The van der Waals surface area contributed by atoms with E-state index in [9.17, 15) is 9.18 Å². The van der Waals surface area contributed by atoms with Crippen molar-refractivity contribution in [3.05, 3.63) is 54.2 Å². The van der Waals surface area contributed by atoms with Gasteiger partial charge in [-0.05, 0) is 42.9 Å². The van der Waals surface area contributed by atoms with Gasteiger partial charge < -0.3 is 9.64 Å². The van der Waals surface area contributed by atoms with Gasteiger partial charge in [-0.15, -0.1) is 0 Å². The first-order valence-corrected chi connectivity index (χ1v) is 10.4. The van der Waals surface area contributed by atoms with Crippen LogP contribution in [0.4, 0.5) is 9.18 Å². The zero-order valence-electron chi connectivity index (χ0n) is 16.2. The fraction of sp³-hybridized carbons (Fsp3) is 0.435. The molecule has 5 nitrogen and oxygen atoms in total. The molecule has 0 spiro atoms. The van der Waals surface area contributed by atoms with Crippen molar-refractivity contribution in [3.8, 4) is 11.3 Å². The van der Waals surface area contributed by atoms with Crippen LogP contribution in [0.1, 0.15) is 31.4 Å². The highest BCUT2D eigenvalue weighted by Gasteiger charge is 2.48. The van der Waals surface area contributed by atoms with Gasteiger partial charge in [0.1, 0.15) is 12.4 Å². The number of carbonyl (C=O) groups is 1. The maximum atomic E-state index is 13.4. The number of nitrogens with zero attached hydrogens (tertiary/aromatic N) is 3. The van der Waals surface area contributed by atoms with Crippen LogP contribution in [-0.4, -0.2) is 40.2 Å². The van der Waals surface area contributed by atoms with E-state index in [1.54, 1.807) is 18.5 Å². The minimum absolute atomic E-state index is 0.123. The molecule has 3 fully saturated rings. The summed E-state index contributed by atoms with van der Waals surface area (Å²) in [6.07, 6.45) is 12.3. The molecule has 3 aliphatic rings. The van der Waals surface area contributed by atoms with Crippen LogP contribution >= 0.6 is 0 Å². The largest absolute Gasteiger partial charge is 0.447 e. The van der Waals surface area contributed by atoms with E-state index in [2.05, 4.69) is 16.0 Å². The molecule has 1 saturated carbocycles. The molecule has 1 amide bonds. The molecule has 1 aromatic heterocycles. The van der Waals surface area contributed by atoms with Crippen LogP contribution in [0.15, 0.2) is 42.7 Å². The molecule has 3 unspecified atom stereocenters. The van der Waals surface area contributed by atoms with Crippen LogP contribution in [-0.2, 0) is 4.74 Å². The number of carbonyl (C=O) groups excluding carboxylic acids is 1. The molecule has 0 N–H and O–H groups in total. The summed E-state index contributed by atoms with van der Waals surface area (Å²) in [5, 5.41) is 0. The van der Waals surface area contributed by atoms with Gasteiger partial charge in [-0.25, -0.2) is 9.18 Å². The zero-order chi connectivity index (χ0) is 19.8. The molecule has 1 aromatic carbocycles. The number of hydrogen-bond acceptors (Lipinski definition) is 4. The van der Waals surface area contributed by atoms with E-state index in [1.165, 1.54) is 37.8 Å². The Morgan fingerprint density at radius 2 is 2.07 bits per heavy atom. The Balaban J connectivity index is 1.37. The van der Waals surface area contributed by atoms with Crippen molar-refractivity contribution in [3.63, 3.8) is 0 Å². The lowest BCUT2D eigenvalue weighted by molar-refractivity contribution is 0.0472. The third kappa shape index (κ3) is 3.52. The van der Waals surface area contributed by atoms with Crippen molar-refractivity contribution in [2.45, 2.75) is 31.7 Å². The summed E-state index contributed by atoms with van der Waals surface area (Å²) < 4.78 is 18.8. The van der Waals surface area contributed by atoms with Crippen molar-refractivity contribution in [2.24, 2.45) is 17.8 Å². The average Bonchev–Trinajstić information content (AvgIpc) is 3.12. The topological polar surface area (TPSA) is 55.3 Å². The summed E-state index contributed by atoms with van der Waals surface area (Å²) in [7, 11) is 0. The number of amides is 1. The fourth-order valence-corrected chi connectivity index (χ4v) is 5.20. The summed E-state index contributed by atoms with van der Waals surface area (Å²) in [6.45, 7) is 1.31. The van der Waals surface area contributed by atoms with Crippen LogP contribution in [0, 0.1) is 23.6 Å². The van der Waals surface area contributed by atoms with Crippen LogP contribution in [0.5, 0.6) is 0 Å². The number of piperidine rings is 1. The Labute approximate surface area is 169 Å². The van der Waals surface area contributed by atoms with Crippen molar-refractivity contribution >= 4 is 12.2 Å². The quantitative estimate of drug-likeness (QED) is 0.768. The average molecular weight is 393 g/mol. The zero-order valence-corrected chi connectivity index (χ0v) is 16.2.